The third kappa shape index (κ3) is 4.41. The topological polar surface area (TPSA) is 55.8 Å². The van der Waals surface area contributed by atoms with Crippen molar-refractivity contribution in [2.24, 2.45) is 5.92 Å². The van der Waals surface area contributed by atoms with Crippen LogP contribution in [0.3, 0.4) is 0 Å². The largest absolute Gasteiger partial charge is 0.428 e. The van der Waals surface area contributed by atoms with Crippen molar-refractivity contribution in [1.29, 1.82) is 0 Å². The molecular weight excluding hydrogens is 244 g/mol. The molecule has 0 aliphatic heterocycles. The van der Waals surface area contributed by atoms with Gasteiger partial charge in [-0.05, 0) is 37.3 Å². The van der Waals surface area contributed by atoms with Crippen LogP contribution >= 0.6 is 0 Å². The summed E-state index contributed by atoms with van der Waals surface area (Å²) in [6, 6.07) is 3.40. The summed E-state index contributed by atoms with van der Waals surface area (Å²) in [7, 11) is 0. The van der Waals surface area contributed by atoms with Crippen LogP contribution in [0, 0.1) is 5.92 Å². The van der Waals surface area contributed by atoms with E-state index in [1.807, 2.05) is 25.1 Å². The lowest BCUT2D eigenvalue weighted by atomic mass is 9.99. The summed E-state index contributed by atoms with van der Waals surface area (Å²) < 4.78 is 4.89. The zero-order chi connectivity index (χ0) is 14.3. The lowest BCUT2D eigenvalue weighted by molar-refractivity contribution is -0.138. The molecule has 0 unspecified atom stereocenters. The molecule has 0 atom stereocenters. The fraction of sp³-hybridized carbons (Fsp3) is 0.400. The maximum absolute atomic E-state index is 10.5. The van der Waals surface area contributed by atoms with Gasteiger partial charge in [0.1, 0.15) is 5.75 Å². The fourth-order valence-electron chi connectivity index (χ4n) is 1.81. The number of benzene rings is 1. The Hall–Kier alpha value is -1.81. The summed E-state index contributed by atoms with van der Waals surface area (Å²) in [5.74, 6) is 1.25. The minimum absolute atomic E-state index is 0.325. The van der Waals surface area contributed by atoms with Crippen molar-refractivity contribution >= 4 is 12.5 Å². The first-order valence-electron chi connectivity index (χ1n) is 6.33. The van der Waals surface area contributed by atoms with E-state index in [0.29, 0.717) is 23.9 Å². The Morgan fingerprint density at radius 2 is 2.05 bits per heavy atom. The molecular formula is C15H20O4. The second-order valence-electron chi connectivity index (χ2n) is 4.74. The molecule has 4 heteroatoms. The maximum atomic E-state index is 10.5. The molecule has 0 aliphatic carbocycles. The van der Waals surface area contributed by atoms with Gasteiger partial charge >= 0.3 is 0 Å². The Balaban J connectivity index is 3.14. The molecule has 0 saturated carbocycles. The number of ether oxygens (including phenoxy) is 1. The number of carbonyl (C=O) groups is 1. The van der Waals surface area contributed by atoms with Crippen LogP contribution < -0.4 is 9.62 Å². The van der Waals surface area contributed by atoms with Crippen molar-refractivity contribution < 1.29 is 19.7 Å². The molecule has 0 aromatic heterocycles. The predicted molar refractivity (Wildman–Crippen MR) is 74.3 cm³/mol. The highest BCUT2D eigenvalue weighted by atomic mass is 17.1. The summed E-state index contributed by atoms with van der Waals surface area (Å²) in [6.07, 6.45) is 5.48. The molecule has 0 spiro atoms. The number of carbonyl (C=O) groups excluding carboxylic acids is 1. The molecule has 0 saturated heterocycles. The van der Waals surface area contributed by atoms with Gasteiger partial charge < -0.3 is 9.62 Å². The van der Waals surface area contributed by atoms with E-state index < -0.39 is 0 Å². The van der Waals surface area contributed by atoms with Crippen LogP contribution in [0.25, 0.3) is 6.08 Å². The van der Waals surface area contributed by atoms with Crippen molar-refractivity contribution in [3.05, 3.63) is 29.3 Å². The first-order chi connectivity index (χ1) is 9.12. The molecule has 1 aromatic rings. The Labute approximate surface area is 113 Å². The van der Waals surface area contributed by atoms with Crippen molar-refractivity contribution in [3.63, 3.8) is 0 Å². The number of allylic oxidation sites excluding steroid dienone is 1. The average molecular weight is 264 g/mol. The smallest absolute Gasteiger partial charge is 0.298 e. The van der Waals surface area contributed by atoms with Gasteiger partial charge in [0.05, 0.1) is 0 Å². The van der Waals surface area contributed by atoms with Gasteiger partial charge in [0.25, 0.3) is 6.47 Å². The molecule has 0 bridgehead atoms. The van der Waals surface area contributed by atoms with Crippen LogP contribution in [0.1, 0.15) is 38.3 Å². The van der Waals surface area contributed by atoms with Gasteiger partial charge in [-0.3, -0.25) is 4.79 Å². The first kappa shape index (κ1) is 15.2. The van der Waals surface area contributed by atoms with E-state index in [1.165, 1.54) is 6.07 Å². The molecule has 0 heterocycles. The lowest BCUT2D eigenvalue weighted by Gasteiger charge is -2.12. The van der Waals surface area contributed by atoms with Gasteiger partial charge in [0.2, 0.25) is 0 Å². The summed E-state index contributed by atoms with van der Waals surface area (Å²) in [5.41, 5.74) is 1.68. The van der Waals surface area contributed by atoms with E-state index in [0.717, 1.165) is 24.0 Å². The standard InChI is InChI=1S/C15H20O4/c1-4-5-12-8-13(7-6-11(2)3)15(19-17)9-14(12)18-10-16/h4-5,8-11,17H,6-7H2,1-3H3/b5-4-. The first-order valence-corrected chi connectivity index (χ1v) is 6.33. The van der Waals surface area contributed by atoms with Crippen molar-refractivity contribution in [2.75, 3.05) is 0 Å². The van der Waals surface area contributed by atoms with E-state index in [4.69, 9.17) is 9.99 Å². The van der Waals surface area contributed by atoms with Crippen LogP contribution in [-0.4, -0.2) is 11.7 Å². The highest BCUT2D eigenvalue weighted by Gasteiger charge is 2.12. The zero-order valence-corrected chi connectivity index (χ0v) is 11.6. The van der Waals surface area contributed by atoms with Crippen molar-refractivity contribution in [1.82, 2.24) is 0 Å². The van der Waals surface area contributed by atoms with Crippen molar-refractivity contribution in [3.8, 4) is 11.5 Å². The average Bonchev–Trinajstić information content (AvgIpc) is 2.38. The third-order valence-corrected chi connectivity index (χ3v) is 2.80. The molecule has 0 radical (unpaired) electrons. The van der Waals surface area contributed by atoms with Crippen LogP contribution in [0.4, 0.5) is 0 Å². The molecule has 104 valence electrons. The second kappa shape index (κ2) is 7.59. The van der Waals surface area contributed by atoms with Gasteiger partial charge in [0, 0.05) is 11.6 Å². The van der Waals surface area contributed by atoms with E-state index in [-0.39, 0.29) is 0 Å². The minimum Gasteiger partial charge on any atom is -0.428 e. The monoisotopic (exact) mass is 264 g/mol. The van der Waals surface area contributed by atoms with Crippen LogP contribution in [0.5, 0.6) is 11.5 Å². The van der Waals surface area contributed by atoms with Gasteiger partial charge in [-0.1, -0.05) is 26.0 Å². The molecule has 4 nitrogen and oxygen atoms in total. The fourth-order valence-corrected chi connectivity index (χ4v) is 1.81. The van der Waals surface area contributed by atoms with Crippen LogP contribution in [-0.2, 0) is 11.2 Å². The number of rotatable bonds is 7. The van der Waals surface area contributed by atoms with Crippen LogP contribution in [0.2, 0.25) is 0 Å². The highest BCUT2D eigenvalue weighted by Crippen LogP contribution is 2.31. The number of hydrogen-bond acceptors (Lipinski definition) is 4. The van der Waals surface area contributed by atoms with E-state index in [2.05, 4.69) is 18.7 Å². The maximum Gasteiger partial charge on any atom is 0.298 e. The molecule has 19 heavy (non-hydrogen) atoms. The number of aryl methyl sites for hydroxylation is 1. The van der Waals surface area contributed by atoms with E-state index in [1.54, 1.807) is 0 Å². The Morgan fingerprint density at radius 1 is 1.32 bits per heavy atom. The lowest BCUT2D eigenvalue weighted by Crippen LogP contribution is -2.00. The van der Waals surface area contributed by atoms with Gasteiger partial charge in [-0.25, -0.2) is 5.26 Å². The zero-order valence-electron chi connectivity index (χ0n) is 11.6. The molecule has 1 rings (SSSR count). The molecule has 1 aromatic carbocycles. The van der Waals surface area contributed by atoms with Crippen LogP contribution in [0.15, 0.2) is 18.2 Å². The van der Waals surface area contributed by atoms with Gasteiger partial charge in [-0.15, -0.1) is 0 Å². The Bertz CT molecular complexity index is 450. The number of hydrogen-bond donors (Lipinski definition) is 1. The van der Waals surface area contributed by atoms with Crippen molar-refractivity contribution in [2.45, 2.75) is 33.6 Å². The SMILES string of the molecule is C/C=C\c1cc(CCC(C)C)c(OO)cc1OC=O. The second-order valence-corrected chi connectivity index (χ2v) is 4.74. The highest BCUT2D eigenvalue weighted by molar-refractivity contribution is 5.64. The van der Waals surface area contributed by atoms with Gasteiger partial charge in [0.15, 0.2) is 5.75 Å². The van der Waals surface area contributed by atoms with Gasteiger partial charge in [-0.2, -0.15) is 0 Å². The summed E-state index contributed by atoms with van der Waals surface area (Å²) >= 11 is 0. The Kier molecular flexibility index (Phi) is 6.09. The summed E-state index contributed by atoms with van der Waals surface area (Å²) in [6.45, 7) is 6.51. The quantitative estimate of drug-likeness (QED) is 0.463. The summed E-state index contributed by atoms with van der Waals surface area (Å²) in [4.78, 5) is 14.9. The minimum atomic E-state index is 0.325. The van der Waals surface area contributed by atoms with E-state index >= 15 is 0 Å². The Morgan fingerprint density at radius 3 is 2.58 bits per heavy atom. The molecule has 0 amide bonds. The molecule has 0 aliphatic rings. The third-order valence-electron chi connectivity index (χ3n) is 2.80. The normalized spacial score (nSPS) is 11.0. The molecule has 1 N–H and O–H groups in total. The summed E-state index contributed by atoms with van der Waals surface area (Å²) in [5, 5.41) is 8.94. The van der Waals surface area contributed by atoms with E-state index in [9.17, 15) is 4.79 Å². The molecule has 0 fully saturated rings. The predicted octanol–water partition coefficient (Wildman–Crippen LogP) is 3.70.